The Morgan fingerprint density at radius 2 is 1.88 bits per heavy atom. The number of carbonyl (C=O) groups excluding carboxylic acids is 2. The Morgan fingerprint density at radius 3 is 2.65 bits per heavy atom. The van der Waals surface area contributed by atoms with Gasteiger partial charge in [0, 0.05) is 32.4 Å². The van der Waals surface area contributed by atoms with Gasteiger partial charge in [0.1, 0.15) is 0 Å². The predicted octanol–water partition coefficient (Wildman–Crippen LogP) is 2.82. The van der Waals surface area contributed by atoms with Crippen LogP contribution in [0.4, 0.5) is 10.5 Å². The van der Waals surface area contributed by atoms with Crippen LogP contribution in [-0.2, 0) is 16.8 Å². The number of nitrogens with one attached hydrogen (secondary N) is 1. The van der Waals surface area contributed by atoms with Crippen LogP contribution in [0.1, 0.15) is 23.1 Å². The van der Waals surface area contributed by atoms with Gasteiger partial charge in [0.2, 0.25) is 5.91 Å². The van der Waals surface area contributed by atoms with Gasteiger partial charge in [-0.15, -0.1) is 0 Å². The first-order valence-corrected chi connectivity index (χ1v) is 8.97. The van der Waals surface area contributed by atoms with Crippen LogP contribution in [0.5, 0.6) is 0 Å². The molecule has 0 aliphatic carbocycles. The van der Waals surface area contributed by atoms with Gasteiger partial charge in [-0.25, -0.2) is 4.79 Å². The van der Waals surface area contributed by atoms with E-state index in [2.05, 4.69) is 5.32 Å². The average molecular weight is 349 g/mol. The van der Waals surface area contributed by atoms with Gasteiger partial charge in [-0.3, -0.25) is 4.79 Å². The number of para-hydroxylation sites is 1. The molecule has 1 fully saturated rings. The number of carbonyl (C=O) groups is 2. The lowest BCUT2D eigenvalue weighted by Gasteiger charge is -2.23. The standard InChI is InChI=1S/C21H23N3O2/c1-15-7-9-16(10-8-15)13-22-20(26)24-12-11-21(14-24)17-5-3-4-6-18(17)23(2)19(21)25/h3-10H,11-14H2,1-2H3,(H,22,26)/t21-/m0/s1. The maximum absolute atomic E-state index is 12.9. The van der Waals surface area contributed by atoms with Crippen LogP contribution >= 0.6 is 0 Å². The summed E-state index contributed by atoms with van der Waals surface area (Å²) in [7, 11) is 1.82. The van der Waals surface area contributed by atoms with Crippen LogP contribution in [0.15, 0.2) is 48.5 Å². The number of urea groups is 1. The molecule has 26 heavy (non-hydrogen) atoms. The lowest BCUT2D eigenvalue weighted by atomic mass is 9.81. The molecule has 1 spiro atoms. The molecule has 0 aromatic heterocycles. The Hall–Kier alpha value is -2.82. The van der Waals surface area contributed by atoms with E-state index in [0.717, 1.165) is 16.8 Å². The van der Waals surface area contributed by atoms with Gasteiger partial charge in [0.25, 0.3) is 0 Å². The minimum Gasteiger partial charge on any atom is -0.334 e. The van der Waals surface area contributed by atoms with Crippen LogP contribution in [0, 0.1) is 6.92 Å². The smallest absolute Gasteiger partial charge is 0.317 e. The number of hydrogen-bond acceptors (Lipinski definition) is 2. The minimum absolute atomic E-state index is 0.0903. The SMILES string of the molecule is Cc1ccc(CNC(=O)N2CC[C@@]3(C2)C(=O)N(C)c2ccccc23)cc1. The molecular formula is C21H23N3O2. The number of nitrogens with zero attached hydrogens (tertiary/aromatic N) is 2. The third-order valence-corrected chi connectivity index (χ3v) is 5.62. The van der Waals surface area contributed by atoms with Gasteiger partial charge in [0.15, 0.2) is 0 Å². The number of anilines is 1. The molecule has 0 saturated carbocycles. The highest BCUT2D eigenvalue weighted by atomic mass is 16.2. The van der Waals surface area contributed by atoms with Crippen LogP contribution in [0.3, 0.4) is 0 Å². The highest BCUT2D eigenvalue weighted by molar-refractivity contribution is 6.08. The predicted molar refractivity (Wildman–Crippen MR) is 101 cm³/mol. The van der Waals surface area contributed by atoms with E-state index in [1.807, 2.05) is 62.5 Å². The monoisotopic (exact) mass is 349 g/mol. The van der Waals surface area contributed by atoms with Crippen molar-refractivity contribution in [3.63, 3.8) is 0 Å². The van der Waals surface area contributed by atoms with Crippen molar-refractivity contribution in [1.82, 2.24) is 10.2 Å². The number of aryl methyl sites for hydroxylation is 1. The van der Waals surface area contributed by atoms with Crippen molar-refractivity contribution in [3.05, 3.63) is 65.2 Å². The summed E-state index contributed by atoms with van der Waals surface area (Å²) in [5.74, 6) is 0.0903. The molecule has 3 amide bonds. The van der Waals surface area contributed by atoms with Gasteiger partial charge in [-0.2, -0.15) is 0 Å². The Balaban J connectivity index is 1.47. The number of rotatable bonds is 2. The second-order valence-corrected chi connectivity index (χ2v) is 7.28. The number of hydrogen-bond donors (Lipinski definition) is 1. The largest absolute Gasteiger partial charge is 0.334 e. The lowest BCUT2D eigenvalue weighted by Crippen LogP contribution is -2.44. The summed E-state index contributed by atoms with van der Waals surface area (Å²) < 4.78 is 0. The summed E-state index contributed by atoms with van der Waals surface area (Å²) in [5, 5.41) is 2.98. The van der Waals surface area contributed by atoms with Crippen molar-refractivity contribution in [1.29, 1.82) is 0 Å². The van der Waals surface area contributed by atoms with Crippen molar-refractivity contribution in [3.8, 4) is 0 Å². The highest BCUT2D eigenvalue weighted by Gasteiger charge is 2.54. The Kier molecular flexibility index (Phi) is 3.94. The van der Waals surface area contributed by atoms with Gasteiger partial charge < -0.3 is 15.1 Å². The third kappa shape index (κ3) is 2.55. The first kappa shape index (κ1) is 16.6. The first-order chi connectivity index (χ1) is 12.5. The molecule has 1 atom stereocenters. The molecule has 2 aliphatic rings. The molecule has 0 radical (unpaired) electrons. The quantitative estimate of drug-likeness (QED) is 0.906. The normalized spacial score (nSPS) is 21.4. The fraction of sp³-hybridized carbons (Fsp3) is 0.333. The Labute approximate surface area is 153 Å². The topological polar surface area (TPSA) is 52.7 Å². The molecule has 4 rings (SSSR count). The van der Waals surface area contributed by atoms with Crippen molar-refractivity contribution in [2.45, 2.75) is 25.3 Å². The van der Waals surface area contributed by atoms with E-state index < -0.39 is 5.41 Å². The van der Waals surface area contributed by atoms with E-state index in [1.54, 1.807) is 9.80 Å². The zero-order valence-electron chi connectivity index (χ0n) is 15.2. The summed E-state index contributed by atoms with van der Waals surface area (Å²) >= 11 is 0. The molecule has 1 saturated heterocycles. The second kappa shape index (κ2) is 6.16. The van der Waals surface area contributed by atoms with Gasteiger partial charge in [-0.05, 0) is 30.5 Å². The summed E-state index contributed by atoms with van der Waals surface area (Å²) in [6.07, 6.45) is 0.672. The van der Waals surface area contributed by atoms with E-state index in [0.29, 0.717) is 26.1 Å². The number of fused-ring (bicyclic) bond motifs is 2. The first-order valence-electron chi connectivity index (χ1n) is 8.97. The van der Waals surface area contributed by atoms with Crippen LogP contribution in [0.2, 0.25) is 0 Å². The lowest BCUT2D eigenvalue weighted by molar-refractivity contribution is -0.122. The molecular weight excluding hydrogens is 326 g/mol. The van der Waals surface area contributed by atoms with Crippen molar-refractivity contribution in [2.75, 3.05) is 25.0 Å². The van der Waals surface area contributed by atoms with Crippen molar-refractivity contribution >= 4 is 17.6 Å². The zero-order valence-corrected chi connectivity index (χ0v) is 15.2. The van der Waals surface area contributed by atoms with Gasteiger partial charge in [0.05, 0.1) is 5.41 Å². The zero-order chi connectivity index (χ0) is 18.3. The molecule has 0 unspecified atom stereocenters. The fourth-order valence-electron chi connectivity index (χ4n) is 4.09. The van der Waals surface area contributed by atoms with Gasteiger partial charge >= 0.3 is 6.03 Å². The number of benzene rings is 2. The molecule has 5 nitrogen and oxygen atoms in total. The van der Waals surface area contributed by atoms with Crippen LogP contribution in [0.25, 0.3) is 0 Å². The molecule has 2 aliphatic heterocycles. The van der Waals surface area contributed by atoms with Gasteiger partial charge in [-0.1, -0.05) is 48.0 Å². The summed E-state index contributed by atoms with van der Waals surface area (Å²) in [6, 6.07) is 15.9. The number of likely N-dealkylation sites (tertiary alicyclic amines) is 1. The van der Waals surface area contributed by atoms with E-state index in [-0.39, 0.29) is 11.9 Å². The van der Waals surface area contributed by atoms with Crippen molar-refractivity contribution < 1.29 is 9.59 Å². The third-order valence-electron chi connectivity index (χ3n) is 5.62. The maximum atomic E-state index is 12.9. The van der Waals surface area contributed by atoms with E-state index in [9.17, 15) is 9.59 Å². The molecule has 134 valence electrons. The van der Waals surface area contributed by atoms with E-state index in [1.165, 1.54) is 5.56 Å². The summed E-state index contributed by atoms with van der Waals surface area (Å²) in [4.78, 5) is 29.0. The maximum Gasteiger partial charge on any atom is 0.317 e. The van der Waals surface area contributed by atoms with Crippen LogP contribution in [-0.4, -0.2) is 37.0 Å². The summed E-state index contributed by atoms with van der Waals surface area (Å²) in [5.41, 5.74) is 3.68. The van der Waals surface area contributed by atoms with Crippen LogP contribution < -0.4 is 10.2 Å². The average Bonchev–Trinajstić information content (AvgIpc) is 3.20. The Bertz CT molecular complexity index is 862. The molecule has 1 N–H and O–H groups in total. The fourth-order valence-corrected chi connectivity index (χ4v) is 4.09. The molecule has 2 aromatic rings. The van der Waals surface area contributed by atoms with E-state index in [4.69, 9.17) is 0 Å². The molecule has 5 heteroatoms. The number of likely N-dealkylation sites (N-methyl/N-ethyl adjacent to an activating group) is 1. The second-order valence-electron chi connectivity index (χ2n) is 7.28. The Morgan fingerprint density at radius 1 is 1.15 bits per heavy atom. The highest BCUT2D eigenvalue weighted by Crippen LogP contribution is 2.46. The molecule has 0 bridgehead atoms. The molecule has 2 heterocycles. The summed E-state index contributed by atoms with van der Waals surface area (Å²) in [6.45, 7) is 3.56. The minimum atomic E-state index is -0.591. The van der Waals surface area contributed by atoms with E-state index >= 15 is 0 Å². The molecule has 2 aromatic carbocycles. The number of amides is 3. The van der Waals surface area contributed by atoms with Crippen molar-refractivity contribution in [2.24, 2.45) is 0 Å².